The van der Waals surface area contributed by atoms with E-state index in [0.29, 0.717) is 0 Å². The van der Waals surface area contributed by atoms with Crippen LogP contribution in [-0.2, 0) is 13.5 Å². The van der Waals surface area contributed by atoms with Crippen LogP contribution in [0.15, 0.2) is 12.3 Å². The maximum Gasteiger partial charge on any atom is 0.0642 e. The summed E-state index contributed by atoms with van der Waals surface area (Å²) < 4.78 is 1.82. The van der Waals surface area contributed by atoms with E-state index in [-0.39, 0.29) is 5.54 Å². The predicted molar refractivity (Wildman–Crippen MR) is 54.4 cm³/mol. The molecule has 13 heavy (non-hydrogen) atoms. The third kappa shape index (κ3) is 3.19. The van der Waals surface area contributed by atoms with E-state index < -0.39 is 0 Å². The van der Waals surface area contributed by atoms with Crippen molar-refractivity contribution in [2.75, 3.05) is 0 Å². The summed E-state index contributed by atoms with van der Waals surface area (Å²) in [4.78, 5) is 0. The highest BCUT2D eigenvalue weighted by Crippen LogP contribution is 2.14. The van der Waals surface area contributed by atoms with Crippen LogP contribution >= 0.6 is 0 Å². The summed E-state index contributed by atoms with van der Waals surface area (Å²) >= 11 is 0. The fourth-order valence-electron chi connectivity index (χ4n) is 1.63. The van der Waals surface area contributed by atoms with E-state index in [2.05, 4.69) is 18.9 Å². The highest BCUT2D eigenvalue weighted by atomic mass is 15.2. The third-order valence-corrected chi connectivity index (χ3v) is 2.17. The molecule has 3 nitrogen and oxygen atoms in total. The zero-order valence-electron chi connectivity index (χ0n) is 8.75. The molecule has 1 unspecified atom stereocenters. The predicted octanol–water partition coefficient (Wildman–Crippen LogP) is 1.48. The van der Waals surface area contributed by atoms with Crippen LogP contribution in [0, 0.1) is 0 Å². The molecule has 1 heterocycles. The molecule has 0 aromatic carbocycles. The van der Waals surface area contributed by atoms with Gasteiger partial charge < -0.3 is 5.73 Å². The van der Waals surface area contributed by atoms with Gasteiger partial charge in [-0.25, -0.2) is 0 Å². The van der Waals surface area contributed by atoms with Gasteiger partial charge in [0.05, 0.1) is 5.69 Å². The lowest BCUT2D eigenvalue weighted by atomic mass is 9.92. The summed E-state index contributed by atoms with van der Waals surface area (Å²) in [6, 6.07) is 2.03. The zero-order chi connectivity index (χ0) is 9.90. The Hall–Kier alpha value is -0.830. The first-order valence-electron chi connectivity index (χ1n) is 4.81. The molecule has 2 N–H and O–H groups in total. The zero-order valence-corrected chi connectivity index (χ0v) is 8.75. The van der Waals surface area contributed by atoms with E-state index in [0.717, 1.165) is 25.0 Å². The Bertz CT molecular complexity index is 263. The third-order valence-electron chi connectivity index (χ3n) is 2.17. The van der Waals surface area contributed by atoms with Crippen molar-refractivity contribution in [2.24, 2.45) is 12.8 Å². The van der Waals surface area contributed by atoms with Gasteiger partial charge in [0.1, 0.15) is 0 Å². The molecule has 1 aromatic rings. The van der Waals surface area contributed by atoms with Crippen molar-refractivity contribution in [2.45, 2.75) is 38.6 Å². The van der Waals surface area contributed by atoms with Crippen molar-refractivity contribution in [3.63, 3.8) is 0 Å². The number of hydrogen-bond donors (Lipinski definition) is 1. The molecule has 3 heteroatoms. The van der Waals surface area contributed by atoms with E-state index in [1.807, 2.05) is 24.0 Å². The lowest BCUT2D eigenvalue weighted by molar-refractivity contribution is 0.419. The SMILES string of the molecule is CCCC(C)(N)Cc1ccn(C)n1. The van der Waals surface area contributed by atoms with Crippen LogP contribution in [0.4, 0.5) is 0 Å². The molecule has 0 aliphatic heterocycles. The highest BCUT2D eigenvalue weighted by molar-refractivity contribution is 5.04. The number of nitrogens with zero attached hydrogens (tertiary/aromatic N) is 2. The molecule has 1 aromatic heterocycles. The molecule has 0 fully saturated rings. The Labute approximate surface area is 79.9 Å². The van der Waals surface area contributed by atoms with Crippen molar-refractivity contribution < 1.29 is 0 Å². The van der Waals surface area contributed by atoms with E-state index >= 15 is 0 Å². The Kier molecular flexibility index (Phi) is 3.09. The van der Waals surface area contributed by atoms with E-state index in [4.69, 9.17) is 5.73 Å². The van der Waals surface area contributed by atoms with E-state index in [9.17, 15) is 0 Å². The lowest BCUT2D eigenvalue weighted by Crippen LogP contribution is -2.38. The molecule has 0 saturated heterocycles. The van der Waals surface area contributed by atoms with Crippen LogP contribution in [0.25, 0.3) is 0 Å². The van der Waals surface area contributed by atoms with Gasteiger partial charge in [-0.05, 0) is 19.4 Å². The molecule has 1 atom stereocenters. The van der Waals surface area contributed by atoms with Gasteiger partial charge in [0.15, 0.2) is 0 Å². The molecule has 0 radical (unpaired) electrons. The van der Waals surface area contributed by atoms with Crippen LogP contribution < -0.4 is 5.73 Å². The van der Waals surface area contributed by atoms with Crippen LogP contribution in [0.5, 0.6) is 0 Å². The average molecular weight is 181 g/mol. The normalized spacial score (nSPS) is 15.7. The second-order valence-electron chi connectivity index (χ2n) is 4.06. The molecule has 0 aliphatic carbocycles. The Morgan fingerprint density at radius 1 is 1.62 bits per heavy atom. The minimum absolute atomic E-state index is 0.108. The van der Waals surface area contributed by atoms with Gasteiger partial charge >= 0.3 is 0 Å². The van der Waals surface area contributed by atoms with Crippen LogP contribution in [-0.4, -0.2) is 15.3 Å². The molecule has 0 saturated carbocycles. The van der Waals surface area contributed by atoms with Crippen molar-refractivity contribution in [1.82, 2.24) is 9.78 Å². The first-order valence-corrected chi connectivity index (χ1v) is 4.81. The summed E-state index contributed by atoms with van der Waals surface area (Å²) in [5.74, 6) is 0. The van der Waals surface area contributed by atoms with Gasteiger partial charge in [0.2, 0.25) is 0 Å². The number of nitrogens with two attached hydrogens (primary N) is 1. The molecule has 0 aliphatic rings. The molecular formula is C10H19N3. The lowest BCUT2D eigenvalue weighted by Gasteiger charge is -2.22. The highest BCUT2D eigenvalue weighted by Gasteiger charge is 2.18. The summed E-state index contributed by atoms with van der Waals surface area (Å²) in [7, 11) is 1.93. The maximum atomic E-state index is 6.12. The average Bonchev–Trinajstić information content (AvgIpc) is 2.34. The Balaban J connectivity index is 2.57. The summed E-state index contributed by atoms with van der Waals surface area (Å²) in [6.07, 6.45) is 4.99. The minimum Gasteiger partial charge on any atom is -0.325 e. The van der Waals surface area contributed by atoms with Gasteiger partial charge in [0, 0.05) is 25.2 Å². The number of aryl methyl sites for hydroxylation is 1. The second-order valence-corrected chi connectivity index (χ2v) is 4.06. The van der Waals surface area contributed by atoms with Gasteiger partial charge in [0.25, 0.3) is 0 Å². The summed E-state index contributed by atoms with van der Waals surface area (Å²) in [6.45, 7) is 4.24. The van der Waals surface area contributed by atoms with Crippen LogP contribution in [0.2, 0.25) is 0 Å². The smallest absolute Gasteiger partial charge is 0.0642 e. The van der Waals surface area contributed by atoms with Crippen LogP contribution in [0.1, 0.15) is 32.4 Å². The van der Waals surface area contributed by atoms with Crippen molar-refractivity contribution in [3.05, 3.63) is 18.0 Å². The fraction of sp³-hybridized carbons (Fsp3) is 0.700. The first kappa shape index (κ1) is 10.3. The van der Waals surface area contributed by atoms with Crippen LogP contribution in [0.3, 0.4) is 0 Å². The fourth-order valence-corrected chi connectivity index (χ4v) is 1.63. The first-order chi connectivity index (χ1) is 6.03. The van der Waals surface area contributed by atoms with Gasteiger partial charge in [-0.2, -0.15) is 5.10 Å². The van der Waals surface area contributed by atoms with Gasteiger partial charge in [-0.3, -0.25) is 4.68 Å². The maximum absolute atomic E-state index is 6.12. The van der Waals surface area contributed by atoms with E-state index in [1.165, 1.54) is 0 Å². The van der Waals surface area contributed by atoms with Gasteiger partial charge in [-0.1, -0.05) is 13.3 Å². The largest absolute Gasteiger partial charge is 0.325 e. The second kappa shape index (κ2) is 3.92. The van der Waals surface area contributed by atoms with Crippen molar-refractivity contribution >= 4 is 0 Å². The topological polar surface area (TPSA) is 43.8 Å². The molecular weight excluding hydrogens is 162 g/mol. The standard InChI is InChI=1S/C10H19N3/c1-4-6-10(2,11)8-9-5-7-13(3)12-9/h5,7H,4,6,8,11H2,1-3H3. The van der Waals surface area contributed by atoms with E-state index in [1.54, 1.807) is 0 Å². The molecule has 0 amide bonds. The molecule has 0 bridgehead atoms. The number of hydrogen-bond acceptors (Lipinski definition) is 2. The van der Waals surface area contributed by atoms with Crippen molar-refractivity contribution in [3.8, 4) is 0 Å². The molecule has 0 spiro atoms. The summed E-state index contributed by atoms with van der Waals surface area (Å²) in [5.41, 5.74) is 7.10. The Morgan fingerprint density at radius 2 is 2.31 bits per heavy atom. The number of rotatable bonds is 4. The Morgan fingerprint density at radius 3 is 2.77 bits per heavy atom. The summed E-state index contributed by atoms with van der Waals surface area (Å²) in [5, 5.41) is 4.31. The minimum atomic E-state index is -0.108. The molecule has 1 rings (SSSR count). The van der Waals surface area contributed by atoms with Gasteiger partial charge in [-0.15, -0.1) is 0 Å². The monoisotopic (exact) mass is 181 g/mol. The quantitative estimate of drug-likeness (QED) is 0.764. The molecule has 74 valence electrons. The number of aromatic nitrogens is 2. The van der Waals surface area contributed by atoms with Crippen molar-refractivity contribution in [1.29, 1.82) is 0 Å².